The molecule has 118 valence electrons. The molecule has 0 heterocycles. The largest absolute Gasteiger partial charge is 0.497 e. The van der Waals surface area contributed by atoms with Crippen molar-refractivity contribution in [2.75, 3.05) is 25.6 Å². The quantitative estimate of drug-likeness (QED) is 0.798. The number of para-hydroxylation sites is 1. The Labute approximate surface area is 133 Å². The lowest BCUT2D eigenvalue weighted by atomic mass is 9.86. The van der Waals surface area contributed by atoms with Crippen molar-refractivity contribution < 1.29 is 9.47 Å². The fraction of sp³-hybridized carbons (Fsp3) is 0.368. The Kier molecular flexibility index (Phi) is 5.31. The molecule has 0 aliphatic rings. The van der Waals surface area contributed by atoms with Crippen molar-refractivity contribution >= 4 is 5.69 Å². The van der Waals surface area contributed by atoms with Crippen LogP contribution in [-0.2, 0) is 5.41 Å². The summed E-state index contributed by atoms with van der Waals surface area (Å²) in [5.41, 5.74) is 2.38. The van der Waals surface area contributed by atoms with Gasteiger partial charge < -0.3 is 14.8 Å². The van der Waals surface area contributed by atoms with Crippen LogP contribution in [0.2, 0.25) is 0 Å². The van der Waals surface area contributed by atoms with Crippen LogP contribution in [0.25, 0.3) is 0 Å². The predicted molar refractivity (Wildman–Crippen MR) is 92.1 cm³/mol. The normalized spacial score (nSPS) is 11.1. The number of rotatable bonds is 6. The maximum Gasteiger partial charge on any atom is 0.123 e. The summed E-state index contributed by atoms with van der Waals surface area (Å²) < 4.78 is 11.1. The van der Waals surface area contributed by atoms with E-state index < -0.39 is 0 Å². The summed E-state index contributed by atoms with van der Waals surface area (Å²) in [7, 11) is 1.67. The van der Waals surface area contributed by atoms with Gasteiger partial charge in [0.25, 0.3) is 0 Å². The Balaban J connectivity index is 1.86. The van der Waals surface area contributed by atoms with Crippen molar-refractivity contribution in [3.63, 3.8) is 0 Å². The van der Waals surface area contributed by atoms with Gasteiger partial charge in [-0.1, -0.05) is 39.0 Å². The van der Waals surface area contributed by atoms with Crippen LogP contribution in [-0.4, -0.2) is 20.3 Å². The van der Waals surface area contributed by atoms with E-state index in [1.54, 1.807) is 7.11 Å². The Hall–Kier alpha value is -2.16. The van der Waals surface area contributed by atoms with Crippen LogP contribution >= 0.6 is 0 Å². The van der Waals surface area contributed by atoms with Gasteiger partial charge >= 0.3 is 0 Å². The van der Waals surface area contributed by atoms with Crippen LogP contribution < -0.4 is 14.8 Å². The molecule has 3 nitrogen and oxygen atoms in total. The van der Waals surface area contributed by atoms with Gasteiger partial charge in [-0.05, 0) is 41.3 Å². The molecule has 0 amide bonds. The third-order valence-corrected chi connectivity index (χ3v) is 3.47. The van der Waals surface area contributed by atoms with Crippen LogP contribution in [0.3, 0.4) is 0 Å². The molecule has 0 aromatic heterocycles. The highest BCUT2D eigenvalue weighted by molar-refractivity contribution is 5.46. The lowest BCUT2D eigenvalue weighted by Crippen LogP contribution is -2.16. The number of methoxy groups -OCH3 is 1. The number of nitrogens with one attached hydrogen (secondary N) is 1. The summed E-state index contributed by atoms with van der Waals surface area (Å²) in [6.45, 7) is 7.98. The summed E-state index contributed by atoms with van der Waals surface area (Å²) in [4.78, 5) is 0. The number of ether oxygens (including phenoxy) is 2. The average Bonchev–Trinajstić information content (AvgIpc) is 2.51. The lowest BCUT2D eigenvalue weighted by Gasteiger charge is -2.22. The molecule has 2 aromatic rings. The first-order chi connectivity index (χ1) is 10.5. The van der Waals surface area contributed by atoms with Gasteiger partial charge in [-0.15, -0.1) is 0 Å². The van der Waals surface area contributed by atoms with Gasteiger partial charge in [0.15, 0.2) is 0 Å². The minimum absolute atomic E-state index is 0.0833. The van der Waals surface area contributed by atoms with Gasteiger partial charge in [-0.3, -0.25) is 0 Å². The molecule has 2 rings (SSSR count). The van der Waals surface area contributed by atoms with Crippen molar-refractivity contribution in [1.29, 1.82) is 0 Å². The third-order valence-electron chi connectivity index (χ3n) is 3.47. The topological polar surface area (TPSA) is 30.5 Å². The van der Waals surface area contributed by atoms with Gasteiger partial charge in [-0.2, -0.15) is 0 Å². The Morgan fingerprint density at radius 1 is 0.955 bits per heavy atom. The molecule has 0 aliphatic carbocycles. The van der Waals surface area contributed by atoms with Crippen molar-refractivity contribution in [3.05, 3.63) is 54.1 Å². The first-order valence-corrected chi connectivity index (χ1v) is 7.61. The first kappa shape index (κ1) is 16.2. The van der Waals surface area contributed by atoms with E-state index in [1.165, 1.54) is 5.56 Å². The molecule has 0 unspecified atom stereocenters. The summed E-state index contributed by atoms with van der Waals surface area (Å²) in [5.74, 6) is 1.83. The van der Waals surface area contributed by atoms with E-state index in [2.05, 4.69) is 38.2 Å². The Morgan fingerprint density at radius 3 is 2.27 bits per heavy atom. The van der Waals surface area contributed by atoms with Gasteiger partial charge in [-0.25, -0.2) is 0 Å². The fourth-order valence-electron chi connectivity index (χ4n) is 2.28. The molecule has 22 heavy (non-hydrogen) atoms. The third kappa shape index (κ3) is 4.42. The maximum absolute atomic E-state index is 5.94. The number of anilines is 1. The van der Waals surface area contributed by atoms with E-state index in [0.717, 1.165) is 23.7 Å². The van der Waals surface area contributed by atoms with Crippen molar-refractivity contribution in [2.24, 2.45) is 0 Å². The molecule has 0 saturated carbocycles. The van der Waals surface area contributed by atoms with E-state index in [4.69, 9.17) is 9.47 Å². The molecule has 0 radical (unpaired) electrons. The highest BCUT2D eigenvalue weighted by Crippen LogP contribution is 2.30. The molecular formula is C19H25NO2. The lowest BCUT2D eigenvalue weighted by molar-refractivity contribution is 0.323. The number of hydrogen-bond donors (Lipinski definition) is 1. The summed E-state index contributed by atoms with van der Waals surface area (Å²) in [6, 6.07) is 16.1. The zero-order valence-electron chi connectivity index (χ0n) is 13.8. The van der Waals surface area contributed by atoms with Gasteiger partial charge in [0, 0.05) is 12.2 Å². The van der Waals surface area contributed by atoms with Gasteiger partial charge in [0.1, 0.15) is 18.1 Å². The Bertz CT molecular complexity index is 585. The zero-order valence-corrected chi connectivity index (χ0v) is 13.8. The predicted octanol–water partition coefficient (Wildman–Crippen LogP) is 4.48. The second kappa shape index (κ2) is 7.21. The van der Waals surface area contributed by atoms with E-state index >= 15 is 0 Å². The SMILES string of the molecule is COc1ccc(NCCOc2ccccc2C(C)(C)C)cc1. The van der Waals surface area contributed by atoms with E-state index in [-0.39, 0.29) is 5.41 Å². The second-order valence-corrected chi connectivity index (χ2v) is 6.25. The fourth-order valence-corrected chi connectivity index (χ4v) is 2.28. The molecule has 2 aromatic carbocycles. The van der Waals surface area contributed by atoms with Crippen LogP contribution in [0.15, 0.2) is 48.5 Å². The van der Waals surface area contributed by atoms with Crippen LogP contribution in [0, 0.1) is 0 Å². The zero-order chi connectivity index (χ0) is 16.0. The molecule has 0 aliphatic heterocycles. The first-order valence-electron chi connectivity index (χ1n) is 7.61. The molecular weight excluding hydrogens is 274 g/mol. The van der Waals surface area contributed by atoms with Crippen molar-refractivity contribution in [2.45, 2.75) is 26.2 Å². The van der Waals surface area contributed by atoms with E-state index in [9.17, 15) is 0 Å². The second-order valence-electron chi connectivity index (χ2n) is 6.25. The summed E-state index contributed by atoms with van der Waals surface area (Å²) in [5, 5.41) is 3.34. The summed E-state index contributed by atoms with van der Waals surface area (Å²) >= 11 is 0. The van der Waals surface area contributed by atoms with Crippen molar-refractivity contribution in [3.8, 4) is 11.5 Å². The highest BCUT2D eigenvalue weighted by atomic mass is 16.5. The molecule has 1 N–H and O–H groups in total. The Morgan fingerprint density at radius 2 is 1.64 bits per heavy atom. The average molecular weight is 299 g/mol. The van der Waals surface area contributed by atoms with E-state index in [0.29, 0.717) is 6.61 Å². The van der Waals surface area contributed by atoms with Gasteiger partial charge in [0.05, 0.1) is 7.11 Å². The van der Waals surface area contributed by atoms with Crippen LogP contribution in [0.1, 0.15) is 26.3 Å². The van der Waals surface area contributed by atoms with Crippen LogP contribution in [0.4, 0.5) is 5.69 Å². The standard InChI is InChI=1S/C19H25NO2/c1-19(2,3)17-7-5-6-8-18(17)22-14-13-20-15-9-11-16(21-4)12-10-15/h5-12,20H,13-14H2,1-4H3. The summed E-state index contributed by atoms with van der Waals surface area (Å²) in [6.07, 6.45) is 0. The molecule has 0 fully saturated rings. The minimum atomic E-state index is 0.0833. The molecule has 0 spiro atoms. The maximum atomic E-state index is 5.94. The smallest absolute Gasteiger partial charge is 0.123 e. The van der Waals surface area contributed by atoms with Crippen molar-refractivity contribution in [1.82, 2.24) is 0 Å². The van der Waals surface area contributed by atoms with E-state index in [1.807, 2.05) is 36.4 Å². The van der Waals surface area contributed by atoms with Crippen LogP contribution in [0.5, 0.6) is 11.5 Å². The number of hydrogen-bond acceptors (Lipinski definition) is 3. The number of benzene rings is 2. The molecule has 0 atom stereocenters. The molecule has 0 saturated heterocycles. The molecule has 3 heteroatoms. The highest BCUT2D eigenvalue weighted by Gasteiger charge is 2.18. The molecule has 0 bridgehead atoms. The minimum Gasteiger partial charge on any atom is -0.497 e. The van der Waals surface area contributed by atoms with Gasteiger partial charge in [0.2, 0.25) is 0 Å². The monoisotopic (exact) mass is 299 g/mol.